The van der Waals surface area contributed by atoms with Crippen LogP contribution < -0.4 is 4.74 Å². The Balaban J connectivity index is 2.55. The molecule has 0 bridgehead atoms. The van der Waals surface area contributed by atoms with E-state index in [0.29, 0.717) is 0 Å². The Morgan fingerprint density at radius 1 is 1.77 bits per heavy atom. The van der Waals surface area contributed by atoms with Gasteiger partial charge in [-0.2, -0.15) is 0 Å². The molecule has 0 aromatic carbocycles. The molecule has 1 aliphatic heterocycles. The fourth-order valence-electron chi connectivity index (χ4n) is 1.23. The Hall–Kier alpha value is -1.65. The van der Waals surface area contributed by atoms with E-state index in [9.17, 15) is 9.18 Å². The molecule has 0 radical (unpaired) electrons. The number of ether oxygens (including phenoxy) is 1. The lowest BCUT2D eigenvalue weighted by atomic mass is 10.0. The molecule has 5 heteroatoms. The zero-order chi connectivity index (χ0) is 9.47. The summed E-state index contributed by atoms with van der Waals surface area (Å²) < 4.78 is 18.5. The van der Waals surface area contributed by atoms with Crippen molar-refractivity contribution in [1.82, 2.24) is 4.98 Å². The minimum Gasteiger partial charge on any atom is -0.479 e. The van der Waals surface area contributed by atoms with Crippen molar-refractivity contribution < 1.29 is 19.0 Å². The summed E-state index contributed by atoms with van der Waals surface area (Å²) in [6, 6.07) is 2.84. The Bertz CT molecular complexity index is 368. The van der Waals surface area contributed by atoms with Crippen LogP contribution in [0.4, 0.5) is 4.39 Å². The van der Waals surface area contributed by atoms with Gasteiger partial charge < -0.3 is 9.84 Å². The third kappa shape index (κ3) is 0.965. The lowest BCUT2D eigenvalue weighted by Crippen LogP contribution is -2.32. The predicted molar refractivity (Wildman–Crippen MR) is 40.2 cm³/mol. The van der Waals surface area contributed by atoms with Gasteiger partial charge in [0.15, 0.2) is 0 Å². The van der Waals surface area contributed by atoms with Gasteiger partial charge in [0.05, 0.1) is 5.56 Å². The number of hydrogen-bond acceptors (Lipinski definition) is 3. The summed E-state index contributed by atoms with van der Waals surface area (Å²) in [5.41, 5.74) is -2.45. The average Bonchev–Trinajstić information content (AvgIpc) is 2.47. The van der Waals surface area contributed by atoms with Crippen LogP contribution in [-0.2, 0) is 10.5 Å². The van der Waals surface area contributed by atoms with E-state index in [1.807, 2.05) is 0 Å². The topological polar surface area (TPSA) is 59.4 Å². The first kappa shape index (κ1) is 7.97. The number of nitrogens with zero attached hydrogens (tertiary/aromatic N) is 1. The first-order valence-corrected chi connectivity index (χ1v) is 3.65. The number of alkyl halides is 1. The molecule has 13 heavy (non-hydrogen) atoms. The van der Waals surface area contributed by atoms with Gasteiger partial charge in [-0.25, -0.2) is 14.2 Å². The Morgan fingerprint density at radius 3 is 3.23 bits per heavy atom. The summed E-state index contributed by atoms with van der Waals surface area (Å²) in [6.07, 6.45) is 1.42. The molecule has 2 heterocycles. The molecule has 0 spiro atoms. The fourth-order valence-corrected chi connectivity index (χ4v) is 1.23. The van der Waals surface area contributed by atoms with Crippen LogP contribution in [-0.4, -0.2) is 22.7 Å². The summed E-state index contributed by atoms with van der Waals surface area (Å²) in [5.74, 6) is -1.48. The van der Waals surface area contributed by atoms with Crippen LogP contribution in [0.2, 0.25) is 0 Å². The van der Waals surface area contributed by atoms with Gasteiger partial charge >= 0.3 is 5.97 Å². The van der Waals surface area contributed by atoms with Gasteiger partial charge in [-0.15, -0.1) is 0 Å². The Kier molecular flexibility index (Phi) is 1.48. The van der Waals surface area contributed by atoms with Crippen molar-refractivity contribution >= 4 is 5.97 Å². The molecule has 1 aromatic heterocycles. The SMILES string of the molecule is O=C(O)C1(F)COc2ncccc21. The third-order valence-corrected chi connectivity index (χ3v) is 1.94. The summed E-state index contributed by atoms with van der Waals surface area (Å²) >= 11 is 0. The molecule has 4 nitrogen and oxygen atoms in total. The van der Waals surface area contributed by atoms with Crippen LogP contribution in [0.1, 0.15) is 5.56 Å². The molecular weight excluding hydrogens is 177 g/mol. The highest BCUT2D eigenvalue weighted by molar-refractivity contribution is 5.81. The van der Waals surface area contributed by atoms with Crippen LogP contribution in [0.3, 0.4) is 0 Å². The lowest BCUT2D eigenvalue weighted by Gasteiger charge is -2.10. The second-order valence-electron chi connectivity index (χ2n) is 2.75. The maximum atomic E-state index is 13.7. The van der Waals surface area contributed by atoms with E-state index < -0.39 is 18.2 Å². The van der Waals surface area contributed by atoms with Crippen molar-refractivity contribution in [3.63, 3.8) is 0 Å². The molecular formula is C8H6FNO3. The molecule has 1 unspecified atom stereocenters. The number of fused-ring (bicyclic) bond motifs is 1. The van der Waals surface area contributed by atoms with Crippen LogP contribution >= 0.6 is 0 Å². The molecule has 0 saturated heterocycles. The van der Waals surface area contributed by atoms with Gasteiger partial charge in [0, 0.05) is 6.20 Å². The van der Waals surface area contributed by atoms with Crippen molar-refractivity contribution in [2.24, 2.45) is 0 Å². The first-order valence-electron chi connectivity index (χ1n) is 3.65. The van der Waals surface area contributed by atoms with Crippen LogP contribution in [0.15, 0.2) is 18.3 Å². The van der Waals surface area contributed by atoms with E-state index >= 15 is 0 Å². The van der Waals surface area contributed by atoms with Gasteiger partial charge in [0.25, 0.3) is 5.67 Å². The average molecular weight is 183 g/mol. The Labute approximate surface area is 73.0 Å². The zero-order valence-electron chi connectivity index (χ0n) is 6.53. The molecule has 0 amide bonds. The number of carboxylic acids is 1. The molecule has 1 atom stereocenters. The van der Waals surface area contributed by atoms with Gasteiger partial charge in [-0.3, -0.25) is 0 Å². The standard InChI is InChI=1S/C8H6FNO3/c9-8(7(11)12)4-13-6-5(8)2-1-3-10-6/h1-3H,4H2,(H,11,12). The van der Waals surface area contributed by atoms with Crippen molar-refractivity contribution in [1.29, 1.82) is 0 Å². The molecule has 68 valence electrons. The minimum atomic E-state index is -2.44. The predicted octanol–water partition coefficient (Wildman–Crippen LogP) is 0.723. The van der Waals surface area contributed by atoms with E-state index in [1.165, 1.54) is 18.3 Å². The molecule has 1 aromatic rings. The highest BCUT2D eigenvalue weighted by atomic mass is 19.1. The van der Waals surface area contributed by atoms with E-state index in [4.69, 9.17) is 9.84 Å². The molecule has 1 N–H and O–H groups in total. The second kappa shape index (κ2) is 2.42. The summed E-state index contributed by atoms with van der Waals surface area (Å²) in [4.78, 5) is 14.3. The monoisotopic (exact) mass is 183 g/mol. The second-order valence-corrected chi connectivity index (χ2v) is 2.75. The normalized spacial score (nSPS) is 25.0. The molecule has 0 fully saturated rings. The maximum absolute atomic E-state index is 13.7. The quantitative estimate of drug-likeness (QED) is 0.697. The van der Waals surface area contributed by atoms with Gasteiger partial charge in [-0.1, -0.05) is 0 Å². The number of pyridine rings is 1. The number of carbonyl (C=O) groups is 1. The van der Waals surface area contributed by atoms with E-state index in [1.54, 1.807) is 0 Å². The number of carboxylic acid groups (broad SMARTS) is 1. The molecule has 2 rings (SSSR count). The molecule has 0 saturated carbocycles. The summed E-state index contributed by atoms with van der Waals surface area (Å²) in [7, 11) is 0. The zero-order valence-corrected chi connectivity index (χ0v) is 6.53. The number of rotatable bonds is 1. The first-order chi connectivity index (χ1) is 6.14. The highest BCUT2D eigenvalue weighted by Crippen LogP contribution is 2.38. The van der Waals surface area contributed by atoms with Crippen molar-refractivity contribution in [2.45, 2.75) is 5.67 Å². The number of aliphatic carboxylic acids is 1. The van der Waals surface area contributed by atoms with Crippen molar-refractivity contribution in [3.05, 3.63) is 23.9 Å². The number of halogens is 1. The maximum Gasteiger partial charge on any atom is 0.350 e. The van der Waals surface area contributed by atoms with E-state index in [0.717, 1.165) is 0 Å². The van der Waals surface area contributed by atoms with Gasteiger partial charge in [0.1, 0.15) is 6.61 Å². The highest BCUT2D eigenvalue weighted by Gasteiger charge is 2.49. The summed E-state index contributed by atoms with van der Waals surface area (Å²) in [6.45, 7) is -0.505. The van der Waals surface area contributed by atoms with Gasteiger partial charge in [0.2, 0.25) is 5.88 Å². The van der Waals surface area contributed by atoms with E-state index in [-0.39, 0.29) is 11.4 Å². The minimum absolute atomic E-state index is 0.0116. The van der Waals surface area contributed by atoms with Crippen LogP contribution in [0.5, 0.6) is 5.88 Å². The largest absolute Gasteiger partial charge is 0.479 e. The molecule has 0 aliphatic carbocycles. The van der Waals surface area contributed by atoms with Crippen LogP contribution in [0.25, 0.3) is 0 Å². The third-order valence-electron chi connectivity index (χ3n) is 1.94. The lowest BCUT2D eigenvalue weighted by molar-refractivity contribution is -0.152. The van der Waals surface area contributed by atoms with Crippen molar-refractivity contribution in [3.8, 4) is 5.88 Å². The number of aromatic nitrogens is 1. The van der Waals surface area contributed by atoms with E-state index in [2.05, 4.69) is 4.98 Å². The van der Waals surface area contributed by atoms with Crippen LogP contribution in [0, 0.1) is 0 Å². The fraction of sp³-hybridized carbons (Fsp3) is 0.250. The smallest absolute Gasteiger partial charge is 0.350 e. The van der Waals surface area contributed by atoms with Crippen molar-refractivity contribution in [2.75, 3.05) is 6.61 Å². The summed E-state index contributed by atoms with van der Waals surface area (Å²) in [5, 5.41) is 8.64. The number of hydrogen-bond donors (Lipinski definition) is 1. The molecule has 1 aliphatic rings. The Morgan fingerprint density at radius 2 is 2.54 bits per heavy atom. The van der Waals surface area contributed by atoms with Gasteiger partial charge in [-0.05, 0) is 12.1 Å².